The minimum atomic E-state index is -3.01. The van der Waals surface area contributed by atoms with Crippen molar-refractivity contribution in [2.45, 2.75) is 25.3 Å². The summed E-state index contributed by atoms with van der Waals surface area (Å²) in [5.74, 6) is 1.10. The van der Waals surface area contributed by atoms with Gasteiger partial charge < -0.3 is 9.32 Å². The number of carbonyl (C=O) groups excluding carboxylic acids is 1. The summed E-state index contributed by atoms with van der Waals surface area (Å²) < 4.78 is 28.8. The fourth-order valence-corrected chi connectivity index (χ4v) is 4.89. The highest BCUT2D eigenvalue weighted by atomic mass is 35.5. The van der Waals surface area contributed by atoms with Crippen LogP contribution in [0.5, 0.6) is 0 Å². The first-order valence-corrected chi connectivity index (χ1v) is 10.2. The summed E-state index contributed by atoms with van der Waals surface area (Å²) in [5.41, 5.74) is 0.752. The highest BCUT2D eigenvalue weighted by Gasteiger charge is 2.32. The molecule has 0 saturated carbocycles. The standard InChI is InChI=1S/C17H19ClN2O4S/c1-20(12-8-9-25(22,23)11-12)17(21)7-6-16-19-10-15(24-16)13-4-2-3-5-14(13)18/h2-5,10,12H,6-9,11H2,1H3. The Kier molecular flexibility index (Phi) is 5.15. The Morgan fingerprint density at radius 3 is 2.84 bits per heavy atom. The van der Waals surface area contributed by atoms with E-state index in [0.29, 0.717) is 29.5 Å². The van der Waals surface area contributed by atoms with Crippen LogP contribution in [0.4, 0.5) is 0 Å². The first-order chi connectivity index (χ1) is 11.9. The van der Waals surface area contributed by atoms with E-state index in [4.69, 9.17) is 16.0 Å². The smallest absolute Gasteiger partial charge is 0.223 e. The van der Waals surface area contributed by atoms with Gasteiger partial charge in [0.25, 0.3) is 0 Å². The van der Waals surface area contributed by atoms with Gasteiger partial charge >= 0.3 is 0 Å². The number of hydrogen-bond acceptors (Lipinski definition) is 5. The maximum absolute atomic E-state index is 12.3. The molecule has 1 saturated heterocycles. The quantitative estimate of drug-likeness (QED) is 0.793. The van der Waals surface area contributed by atoms with Crippen molar-refractivity contribution in [1.29, 1.82) is 0 Å². The number of nitrogens with zero attached hydrogens (tertiary/aromatic N) is 2. The van der Waals surface area contributed by atoms with Gasteiger partial charge in [0.05, 0.1) is 22.7 Å². The van der Waals surface area contributed by atoms with Gasteiger partial charge in [-0.3, -0.25) is 4.79 Å². The van der Waals surface area contributed by atoms with Gasteiger partial charge in [0.2, 0.25) is 5.91 Å². The lowest BCUT2D eigenvalue weighted by Gasteiger charge is -2.23. The molecule has 2 heterocycles. The van der Waals surface area contributed by atoms with Crippen molar-refractivity contribution in [2.75, 3.05) is 18.6 Å². The van der Waals surface area contributed by atoms with Gasteiger partial charge in [-0.1, -0.05) is 23.7 Å². The van der Waals surface area contributed by atoms with Crippen LogP contribution >= 0.6 is 11.6 Å². The van der Waals surface area contributed by atoms with Crippen molar-refractivity contribution in [1.82, 2.24) is 9.88 Å². The number of rotatable bonds is 5. The molecule has 0 N–H and O–H groups in total. The van der Waals surface area contributed by atoms with Crippen LogP contribution in [-0.2, 0) is 21.1 Å². The maximum atomic E-state index is 12.3. The normalized spacial score (nSPS) is 19.0. The number of aryl methyl sites for hydroxylation is 1. The van der Waals surface area contributed by atoms with Crippen molar-refractivity contribution in [3.05, 3.63) is 41.4 Å². The molecule has 0 radical (unpaired) electrons. The molecular formula is C17H19ClN2O4S. The average molecular weight is 383 g/mol. The summed E-state index contributed by atoms with van der Waals surface area (Å²) in [5, 5.41) is 0.573. The maximum Gasteiger partial charge on any atom is 0.223 e. The largest absolute Gasteiger partial charge is 0.441 e. The first kappa shape index (κ1) is 17.9. The third-order valence-corrected chi connectivity index (χ3v) is 6.48. The first-order valence-electron chi connectivity index (χ1n) is 8.01. The van der Waals surface area contributed by atoms with E-state index in [1.54, 1.807) is 19.3 Å². The topological polar surface area (TPSA) is 80.5 Å². The van der Waals surface area contributed by atoms with Gasteiger partial charge in [0.1, 0.15) is 0 Å². The summed E-state index contributed by atoms with van der Waals surface area (Å²) >= 11 is 6.14. The highest BCUT2D eigenvalue weighted by molar-refractivity contribution is 7.91. The number of halogens is 1. The molecule has 1 amide bonds. The number of sulfone groups is 1. The molecule has 1 atom stereocenters. The SMILES string of the molecule is CN(C(=O)CCc1ncc(-c2ccccc2Cl)o1)C1CCS(=O)(=O)C1. The van der Waals surface area contributed by atoms with Crippen molar-refractivity contribution in [3.63, 3.8) is 0 Å². The van der Waals surface area contributed by atoms with E-state index in [1.165, 1.54) is 4.90 Å². The van der Waals surface area contributed by atoms with Crippen LogP contribution < -0.4 is 0 Å². The lowest BCUT2D eigenvalue weighted by atomic mass is 10.2. The van der Waals surface area contributed by atoms with Crippen molar-refractivity contribution < 1.29 is 17.6 Å². The molecule has 8 heteroatoms. The van der Waals surface area contributed by atoms with Gasteiger partial charge in [-0.15, -0.1) is 0 Å². The molecular weight excluding hydrogens is 364 g/mol. The van der Waals surface area contributed by atoms with Crippen molar-refractivity contribution in [2.24, 2.45) is 0 Å². The fourth-order valence-electron chi connectivity index (χ4n) is 2.89. The molecule has 1 unspecified atom stereocenters. The van der Waals surface area contributed by atoms with Gasteiger partial charge in [0, 0.05) is 31.5 Å². The van der Waals surface area contributed by atoms with Crippen LogP contribution in [0, 0.1) is 0 Å². The summed E-state index contributed by atoms with van der Waals surface area (Å²) in [6, 6.07) is 7.07. The molecule has 1 aliphatic rings. The third-order valence-electron chi connectivity index (χ3n) is 4.40. The van der Waals surface area contributed by atoms with E-state index in [-0.39, 0.29) is 29.9 Å². The van der Waals surface area contributed by atoms with E-state index in [0.717, 1.165) is 5.56 Å². The molecule has 1 aromatic carbocycles. The van der Waals surface area contributed by atoms with E-state index in [2.05, 4.69) is 4.98 Å². The Hall–Kier alpha value is -1.86. The Morgan fingerprint density at radius 2 is 2.16 bits per heavy atom. The monoisotopic (exact) mass is 382 g/mol. The summed E-state index contributed by atoms with van der Waals surface area (Å²) in [4.78, 5) is 18.0. The molecule has 0 aliphatic carbocycles. The lowest BCUT2D eigenvalue weighted by molar-refractivity contribution is -0.131. The molecule has 1 aromatic heterocycles. The van der Waals surface area contributed by atoms with Crippen LogP contribution in [0.2, 0.25) is 5.02 Å². The molecule has 6 nitrogen and oxygen atoms in total. The van der Waals surface area contributed by atoms with Crippen LogP contribution in [0.3, 0.4) is 0 Å². The summed E-state index contributed by atoms with van der Waals surface area (Å²) in [6.07, 6.45) is 2.66. The number of aromatic nitrogens is 1. The Labute approximate surface area is 151 Å². The number of oxazole rings is 1. The number of carbonyl (C=O) groups is 1. The van der Waals surface area contributed by atoms with Crippen LogP contribution in [0.1, 0.15) is 18.7 Å². The molecule has 25 heavy (non-hydrogen) atoms. The molecule has 0 bridgehead atoms. The molecule has 2 aromatic rings. The number of benzene rings is 1. The van der Waals surface area contributed by atoms with E-state index < -0.39 is 9.84 Å². The Bertz CT molecular complexity index is 878. The summed E-state index contributed by atoms with van der Waals surface area (Å²) in [7, 11) is -1.36. The van der Waals surface area contributed by atoms with Gasteiger partial charge in [-0.2, -0.15) is 0 Å². The second-order valence-electron chi connectivity index (χ2n) is 6.16. The minimum absolute atomic E-state index is 0.0465. The summed E-state index contributed by atoms with van der Waals surface area (Å²) in [6.45, 7) is 0. The minimum Gasteiger partial charge on any atom is -0.441 e. The Balaban J connectivity index is 1.59. The molecule has 1 aliphatic heterocycles. The fraction of sp³-hybridized carbons (Fsp3) is 0.412. The number of amides is 1. The van der Waals surface area contributed by atoms with Crippen LogP contribution in [-0.4, -0.2) is 48.8 Å². The number of hydrogen-bond donors (Lipinski definition) is 0. The van der Waals surface area contributed by atoms with Gasteiger partial charge in [0.15, 0.2) is 21.5 Å². The van der Waals surface area contributed by atoms with Crippen molar-refractivity contribution >= 4 is 27.3 Å². The average Bonchev–Trinajstić information content (AvgIpc) is 3.18. The lowest BCUT2D eigenvalue weighted by Crippen LogP contribution is -2.37. The van der Waals surface area contributed by atoms with E-state index in [9.17, 15) is 13.2 Å². The third kappa shape index (κ3) is 4.22. The zero-order valence-corrected chi connectivity index (χ0v) is 15.4. The molecule has 134 valence electrons. The zero-order valence-electron chi connectivity index (χ0n) is 13.8. The van der Waals surface area contributed by atoms with E-state index in [1.807, 2.05) is 18.2 Å². The predicted octanol–water partition coefficient (Wildman–Crippen LogP) is 2.57. The van der Waals surface area contributed by atoms with Crippen molar-refractivity contribution in [3.8, 4) is 11.3 Å². The Morgan fingerprint density at radius 1 is 1.40 bits per heavy atom. The van der Waals surface area contributed by atoms with Crippen LogP contribution in [0.15, 0.2) is 34.9 Å². The highest BCUT2D eigenvalue weighted by Crippen LogP contribution is 2.28. The second-order valence-corrected chi connectivity index (χ2v) is 8.80. The predicted molar refractivity (Wildman–Crippen MR) is 95.1 cm³/mol. The molecule has 3 rings (SSSR count). The van der Waals surface area contributed by atoms with Gasteiger partial charge in [-0.05, 0) is 18.6 Å². The molecule has 1 fully saturated rings. The van der Waals surface area contributed by atoms with E-state index >= 15 is 0 Å². The second kappa shape index (κ2) is 7.17. The van der Waals surface area contributed by atoms with Crippen LogP contribution in [0.25, 0.3) is 11.3 Å². The zero-order chi connectivity index (χ0) is 18.0. The molecule has 0 spiro atoms. The van der Waals surface area contributed by atoms with Gasteiger partial charge in [-0.25, -0.2) is 13.4 Å².